The minimum Gasteiger partial charge on any atom is -0.361 e. The molecule has 2 aromatic carbocycles. The van der Waals surface area contributed by atoms with Crippen LogP contribution in [0.2, 0.25) is 0 Å². The highest BCUT2D eigenvalue weighted by molar-refractivity contribution is 5.90. The van der Waals surface area contributed by atoms with Crippen LogP contribution in [0.15, 0.2) is 60.8 Å². The maximum Gasteiger partial charge on any atom is 0.267 e. The van der Waals surface area contributed by atoms with Gasteiger partial charge in [0.25, 0.3) is 5.91 Å². The lowest BCUT2D eigenvalue weighted by Gasteiger charge is -2.17. The number of carbonyl (C=O) groups excluding carboxylic acids is 1. The molecule has 3 rings (SSSR count). The van der Waals surface area contributed by atoms with Crippen LogP contribution in [0.25, 0.3) is 17.0 Å². The second kappa shape index (κ2) is 8.47. The second-order valence-electron chi connectivity index (χ2n) is 6.44. The number of H-pyrrole nitrogens is 1. The molecule has 0 aliphatic heterocycles. The van der Waals surface area contributed by atoms with E-state index in [-0.39, 0.29) is 0 Å². The van der Waals surface area contributed by atoms with Gasteiger partial charge in [0.15, 0.2) is 0 Å². The number of carbonyl (C=O) groups is 1. The lowest BCUT2D eigenvalue weighted by molar-refractivity contribution is -0.124. The Morgan fingerprint density at radius 1 is 1.15 bits per heavy atom. The minimum atomic E-state index is -0.536. The van der Waals surface area contributed by atoms with Crippen molar-refractivity contribution in [3.05, 3.63) is 77.5 Å². The van der Waals surface area contributed by atoms with Crippen molar-refractivity contribution in [2.24, 2.45) is 0 Å². The van der Waals surface area contributed by atoms with Crippen LogP contribution in [0, 0.1) is 0 Å². The predicted octanol–water partition coefficient (Wildman–Crippen LogP) is 3.36. The summed E-state index contributed by atoms with van der Waals surface area (Å²) in [5, 5.41) is 9.72. The molecule has 0 unspecified atom stereocenters. The monoisotopic (exact) mass is 349 g/mol. The van der Waals surface area contributed by atoms with E-state index in [1.54, 1.807) is 11.6 Å². The summed E-state index contributed by atoms with van der Waals surface area (Å²) in [5.41, 5.74) is 6.22. The number of hydroxylamine groups is 1. The summed E-state index contributed by atoms with van der Waals surface area (Å²) in [5.74, 6) is -0.536. The molecule has 3 aromatic rings. The predicted molar refractivity (Wildman–Crippen MR) is 104 cm³/mol. The van der Waals surface area contributed by atoms with E-state index in [4.69, 9.17) is 5.21 Å². The molecule has 0 saturated carbocycles. The molecular weight excluding hydrogens is 326 g/mol. The molecule has 0 aliphatic rings. The Kier molecular flexibility index (Phi) is 5.84. The fourth-order valence-corrected chi connectivity index (χ4v) is 2.90. The van der Waals surface area contributed by atoms with Crippen molar-refractivity contribution < 1.29 is 10.0 Å². The molecule has 1 heterocycles. The van der Waals surface area contributed by atoms with Crippen LogP contribution in [0.5, 0.6) is 0 Å². The second-order valence-corrected chi connectivity index (χ2v) is 6.44. The Balaban J connectivity index is 1.51. The molecule has 1 aromatic heterocycles. The molecule has 0 bridgehead atoms. The summed E-state index contributed by atoms with van der Waals surface area (Å²) in [4.78, 5) is 16.5. The average Bonchev–Trinajstić information content (AvgIpc) is 3.13. The van der Waals surface area contributed by atoms with E-state index in [2.05, 4.69) is 53.3 Å². The van der Waals surface area contributed by atoms with Gasteiger partial charge in [-0.15, -0.1) is 0 Å². The molecular formula is C21H23N3O2. The van der Waals surface area contributed by atoms with Crippen molar-refractivity contribution in [3.8, 4) is 0 Å². The summed E-state index contributed by atoms with van der Waals surface area (Å²) in [6.07, 6.45) is 5.93. The molecule has 0 fully saturated rings. The summed E-state index contributed by atoms with van der Waals surface area (Å²) in [7, 11) is 2.12. The molecule has 0 saturated heterocycles. The number of aromatic nitrogens is 1. The number of fused-ring (bicyclic) bond motifs is 1. The number of likely N-dealkylation sites (N-methyl/N-ethyl adjacent to an activating group) is 1. The summed E-state index contributed by atoms with van der Waals surface area (Å²) < 4.78 is 0. The van der Waals surface area contributed by atoms with Crippen LogP contribution < -0.4 is 5.48 Å². The topological polar surface area (TPSA) is 68.4 Å². The van der Waals surface area contributed by atoms with E-state index in [0.29, 0.717) is 0 Å². The van der Waals surface area contributed by atoms with Gasteiger partial charge in [0.05, 0.1) is 0 Å². The zero-order valence-corrected chi connectivity index (χ0v) is 14.8. The molecule has 0 radical (unpaired) electrons. The molecule has 5 heteroatoms. The Hall–Kier alpha value is -2.89. The van der Waals surface area contributed by atoms with Crippen molar-refractivity contribution in [1.29, 1.82) is 0 Å². The molecule has 26 heavy (non-hydrogen) atoms. The molecule has 5 nitrogen and oxygen atoms in total. The highest BCUT2D eigenvalue weighted by Gasteiger charge is 2.03. The van der Waals surface area contributed by atoms with Crippen molar-refractivity contribution in [2.45, 2.75) is 13.0 Å². The number of aromatic amines is 1. The van der Waals surface area contributed by atoms with Crippen molar-refractivity contribution in [2.75, 3.05) is 13.6 Å². The lowest BCUT2D eigenvalue weighted by atomic mass is 10.1. The molecule has 134 valence electrons. The first-order chi connectivity index (χ1) is 12.6. The smallest absolute Gasteiger partial charge is 0.267 e. The largest absolute Gasteiger partial charge is 0.361 e. The number of hydrogen-bond donors (Lipinski definition) is 3. The maximum atomic E-state index is 11.0. The molecule has 0 aliphatic carbocycles. The van der Waals surface area contributed by atoms with Crippen molar-refractivity contribution in [1.82, 2.24) is 15.4 Å². The highest BCUT2D eigenvalue weighted by atomic mass is 16.5. The Labute approximate surface area is 152 Å². The minimum absolute atomic E-state index is 0.536. The number of nitrogens with one attached hydrogen (secondary N) is 2. The summed E-state index contributed by atoms with van der Waals surface area (Å²) in [6, 6.07) is 16.7. The number of amides is 1. The van der Waals surface area contributed by atoms with E-state index in [0.717, 1.165) is 25.1 Å². The zero-order valence-electron chi connectivity index (χ0n) is 14.8. The molecule has 0 atom stereocenters. The number of hydrogen-bond acceptors (Lipinski definition) is 3. The van der Waals surface area contributed by atoms with Gasteiger partial charge in [-0.2, -0.15) is 0 Å². The normalized spacial score (nSPS) is 11.5. The van der Waals surface area contributed by atoms with Crippen molar-refractivity contribution >= 4 is 22.9 Å². The number of rotatable bonds is 7. The first-order valence-corrected chi connectivity index (χ1v) is 8.60. The van der Waals surface area contributed by atoms with Gasteiger partial charge in [-0.3, -0.25) is 10.0 Å². The first-order valence-electron chi connectivity index (χ1n) is 8.60. The van der Waals surface area contributed by atoms with E-state index in [9.17, 15) is 4.79 Å². The number of benzene rings is 2. The third-order valence-corrected chi connectivity index (χ3v) is 4.37. The van der Waals surface area contributed by atoms with E-state index < -0.39 is 5.91 Å². The van der Waals surface area contributed by atoms with Gasteiger partial charge in [0, 0.05) is 30.9 Å². The fraction of sp³-hybridized carbons (Fsp3) is 0.190. The van der Waals surface area contributed by atoms with Crippen LogP contribution in [-0.2, 0) is 17.8 Å². The van der Waals surface area contributed by atoms with Gasteiger partial charge >= 0.3 is 0 Å². The van der Waals surface area contributed by atoms with Gasteiger partial charge in [-0.1, -0.05) is 36.4 Å². The zero-order chi connectivity index (χ0) is 18.4. The molecule has 3 N–H and O–H groups in total. The van der Waals surface area contributed by atoms with Crippen LogP contribution in [0.1, 0.15) is 16.7 Å². The third kappa shape index (κ3) is 4.81. The standard InChI is InChI=1S/C21H23N3O2/c1-24(13-11-17-6-8-19-10-12-22-20(19)14-17)15-18-4-2-16(3-5-18)7-9-21(25)23-26/h2-10,12,14,22,26H,11,13,15H2,1H3,(H,23,25)/b9-7+. The third-order valence-electron chi connectivity index (χ3n) is 4.37. The highest BCUT2D eigenvalue weighted by Crippen LogP contribution is 2.15. The van der Waals surface area contributed by atoms with Gasteiger partial charge in [0.1, 0.15) is 0 Å². The van der Waals surface area contributed by atoms with Gasteiger partial charge in [0.2, 0.25) is 0 Å². The van der Waals surface area contributed by atoms with Crippen LogP contribution in [0.4, 0.5) is 0 Å². The first kappa shape index (κ1) is 17.9. The lowest BCUT2D eigenvalue weighted by Crippen LogP contribution is -2.20. The Morgan fingerprint density at radius 2 is 1.92 bits per heavy atom. The van der Waals surface area contributed by atoms with Crippen LogP contribution in [-0.4, -0.2) is 34.6 Å². The fourth-order valence-electron chi connectivity index (χ4n) is 2.90. The Bertz CT molecular complexity index is 897. The average molecular weight is 349 g/mol. The molecule has 1 amide bonds. The quantitative estimate of drug-likeness (QED) is 0.348. The molecule has 0 spiro atoms. The summed E-state index contributed by atoms with van der Waals surface area (Å²) >= 11 is 0. The van der Waals surface area contributed by atoms with E-state index >= 15 is 0 Å². The van der Waals surface area contributed by atoms with E-state index in [1.807, 2.05) is 18.3 Å². The van der Waals surface area contributed by atoms with Gasteiger partial charge in [-0.25, -0.2) is 5.48 Å². The van der Waals surface area contributed by atoms with Crippen LogP contribution in [0.3, 0.4) is 0 Å². The SMILES string of the molecule is CN(CCc1ccc2cc[nH]c2c1)Cc1ccc(/C=C/C(=O)NO)cc1. The van der Waals surface area contributed by atoms with E-state index in [1.165, 1.54) is 28.1 Å². The summed E-state index contributed by atoms with van der Waals surface area (Å²) in [6.45, 7) is 1.84. The van der Waals surface area contributed by atoms with Gasteiger partial charge in [-0.05, 0) is 53.8 Å². The Morgan fingerprint density at radius 3 is 2.69 bits per heavy atom. The van der Waals surface area contributed by atoms with Crippen LogP contribution >= 0.6 is 0 Å². The van der Waals surface area contributed by atoms with Crippen molar-refractivity contribution in [3.63, 3.8) is 0 Å². The maximum absolute atomic E-state index is 11.0. The number of nitrogens with zero attached hydrogens (tertiary/aromatic N) is 1. The van der Waals surface area contributed by atoms with Gasteiger partial charge < -0.3 is 9.88 Å².